The highest BCUT2D eigenvalue weighted by Gasteiger charge is 2.47. The first-order valence-corrected chi connectivity index (χ1v) is 10.1. The van der Waals surface area contributed by atoms with Crippen LogP contribution in [-0.4, -0.2) is 40.8 Å². The Morgan fingerprint density at radius 1 is 1.23 bits per heavy atom. The Morgan fingerprint density at radius 2 is 2.04 bits per heavy atom. The summed E-state index contributed by atoms with van der Waals surface area (Å²) in [6, 6.07) is 4.09. The summed E-state index contributed by atoms with van der Waals surface area (Å²) in [6.07, 6.45) is 13.3. The summed E-state index contributed by atoms with van der Waals surface area (Å²) >= 11 is 0. The van der Waals surface area contributed by atoms with Crippen LogP contribution in [0.2, 0.25) is 0 Å². The zero-order valence-corrected chi connectivity index (χ0v) is 15.5. The first-order valence-electron chi connectivity index (χ1n) is 10.1. The Bertz CT molecular complexity index is 650. The zero-order valence-electron chi connectivity index (χ0n) is 15.5. The molecular weight excluding hydrogens is 326 g/mol. The molecule has 1 atom stereocenters. The number of nitrogens with one attached hydrogen (secondary N) is 1. The fourth-order valence-corrected chi connectivity index (χ4v) is 4.91. The molecule has 4 rings (SSSR count). The van der Waals surface area contributed by atoms with Gasteiger partial charge in [-0.25, -0.2) is 0 Å². The van der Waals surface area contributed by atoms with Crippen LogP contribution in [0.4, 0.5) is 0 Å². The van der Waals surface area contributed by atoms with Gasteiger partial charge in [0.15, 0.2) is 0 Å². The summed E-state index contributed by atoms with van der Waals surface area (Å²) < 4.78 is 0. The fourth-order valence-electron chi connectivity index (χ4n) is 4.91. The second kappa shape index (κ2) is 7.37. The number of aromatic nitrogens is 1. The van der Waals surface area contributed by atoms with Crippen molar-refractivity contribution in [1.29, 1.82) is 0 Å². The molecule has 26 heavy (non-hydrogen) atoms. The molecule has 0 aromatic carbocycles. The molecule has 0 bridgehead atoms. The summed E-state index contributed by atoms with van der Waals surface area (Å²) in [4.78, 5) is 31.2. The first kappa shape index (κ1) is 17.5. The maximum atomic E-state index is 12.9. The van der Waals surface area contributed by atoms with Gasteiger partial charge >= 0.3 is 0 Å². The van der Waals surface area contributed by atoms with E-state index in [-0.39, 0.29) is 17.2 Å². The van der Waals surface area contributed by atoms with E-state index in [1.54, 1.807) is 12.4 Å². The van der Waals surface area contributed by atoms with Crippen molar-refractivity contribution in [3.63, 3.8) is 0 Å². The van der Waals surface area contributed by atoms with Crippen molar-refractivity contribution >= 4 is 11.8 Å². The lowest BCUT2D eigenvalue weighted by Gasteiger charge is -2.38. The van der Waals surface area contributed by atoms with Crippen LogP contribution in [-0.2, 0) is 4.79 Å². The van der Waals surface area contributed by atoms with Crippen LogP contribution < -0.4 is 5.32 Å². The van der Waals surface area contributed by atoms with Gasteiger partial charge in [-0.2, -0.15) is 0 Å². The van der Waals surface area contributed by atoms with Crippen LogP contribution in [0.15, 0.2) is 24.5 Å². The van der Waals surface area contributed by atoms with Gasteiger partial charge in [0, 0.05) is 37.9 Å². The number of carbonyl (C=O) groups is 2. The van der Waals surface area contributed by atoms with Crippen molar-refractivity contribution in [1.82, 2.24) is 15.2 Å². The van der Waals surface area contributed by atoms with Crippen molar-refractivity contribution in [3.05, 3.63) is 30.1 Å². The Hall–Kier alpha value is -1.91. The fraction of sp³-hybridized carbons (Fsp3) is 0.667. The van der Waals surface area contributed by atoms with Gasteiger partial charge in [0.05, 0.1) is 5.56 Å². The molecule has 1 unspecified atom stereocenters. The van der Waals surface area contributed by atoms with Crippen LogP contribution in [0.5, 0.6) is 0 Å². The molecule has 5 nitrogen and oxygen atoms in total. The van der Waals surface area contributed by atoms with Crippen LogP contribution in [0.25, 0.3) is 0 Å². The van der Waals surface area contributed by atoms with Gasteiger partial charge < -0.3 is 10.2 Å². The van der Waals surface area contributed by atoms with Crippen LogP contribution in [0.3, 0.4) is 0 Å². The maximum Gasteiger partial charge on any atom is 0.255 e. The summed E-state index contributed by atoms with van der Waals surface area (Å²) in [7, 11) is 0. The molecule has 5 heteroatoms. The molecule has 1 spiro atoms. The van der Waals surface area contributed by atoms with Gasteiger partial charge in [-0.3, -0.25) is 14.6 Å². The van der Waals surface area contributed by atoms with Crippen LogP contribution in [0.1, 0.15) is 68.1 Å². The smallest absolute Gasteiger partial charge is 0.255 e. The third-order valence-corrected chi connectivity index (χ3v) is 6.52. The first-order chi connectivity index (χ1) is 12.7. The predicted octanol–water partition coefficient (Wildman–Crippen LogP) is 3.16. The number of likely N-dealkylation sites (tertiary alicyclic amines) is 1. The predicted molar refractivity (Wildman–Crippen MR) is 99.5 cm³/mol. The van der Waals surface area contributed by atoms with Gasteiger partial charge in [0.1, 0.15) is 0 Å². The van der Waals surface area contributed by atoms with E-state index >= 15 is 0 Å². The Balaban J connectivity index is 1.44. The standard InChI is InChI=1S/C21H29N3O2/c25-19(23-18-7-8-18)9-6-17-14-24(15-21(17)10-2-1-3-11-21)20(26)16-5-4-12-22-13-16/h4-5,12-13,17-18H,1-3,6-11,14-15H2,(H,23,25). The van der Waals surface area contributed by atoms with E-state index in [0.717, 1.165) is 32.4 Å². The van der Waals surface area contributed by atoms with Gasteiger partial charge in [-0.1, -0.05) is 19.3 Å². The average Bonchev–Trinajstić information content (AvgIpc) is 3.42. The van der Waals surface area contributed by atoms with Gasteiger partial charge in [0.25, 0.3) is 5.91 Å². The third-order valence-electron chi connectivity index (χ3n) is 6.52. The van der Waals surface area contributed by atoms with Crippen molar-refractivity contribution in [2.75, 3.05) is 13.1 Å². The lowest BCUT2D eigenvalue weighted by Crippen LogP contribution is -2.35. The molecule has 1 aliphatic heterocycles. The normalized spacial score (nSPS) is 24.6. The third kappa shape index (κ3) is 3.76. The highest BCUT2D eigenvalue weighted by atomic mass is 16.2. The number of nitrogens with zero attached hydrogens (tertiary/aromatic N) is 2. The van der Waals surface area contributed by atoms with Gasteiger partial charge in [-0.15, -0.1) is 0 Å². The monoisotopic (exact) mass is 355 g/mol. The number of hydrogen-bond acceptors (Lipinski definition) is 3. The topological polar surface area (TPSA) is 62.3 Å². The average molecular weight is 355 g/mol. The highest BCUT2D eigenvalue weighted by Crippen LogP contribution is 2.49. The molecule has 2 amide bonds. The second-order valence-corrected chi connectivity index (χ2v) is 8.43. The molecule has 1 aromatic rings. The van der Waals surface area contributed by atoms with Crippen molar-refractivity contribution < 1.29 is 9.59 Å². The molecule has 0 radical (unpaired) electrons. The SMILES string of the molecule is O=C(CCC1CN(C(=O)c2cccnc2)CC12CCCCC2)NC1CC1. The van der Waals surface area contributed by atoms with E-state index in [1.807, 2.05) is 17.0 Å². The molecular formula is C21H29N3O2. The molecule has 1 N–H and O–H groups in total. The van der Waals surface area contributed by atoms with Gasteiger partial charge in [0.2, 0.25) is 5.91 Å². The lowest BCUT2D eigenvalue weighted by atomic mass is 9.66. The van der Waals surface area contributed by atoms with Crippen LogP contribution in [0, 0.1) is 11.3 Å². The van der Waals surface area contributed by atoms with E-state index in [4.69, 9.17) is 0 Å². The van der Waals surface area contributed by atoms with Crippen molar-refractivity contribution in [3.8, 4) is 0 Å². The maximum absolute atomic E-state index is 12.9. The summed E-state index contributed by atoms with van der Waals surface area (Å²) in [5.41, 5.74) is 0.890. The summed E-state index contributed by atoms with van der Waals surface area (Å²) in [5, 5.41) is 3.10. The minimum atomic E-state index is 0.0907. The van der Waals surface area contributed by atoms with Crippen LogP contribution >= 0.6 is 0 Å². The quantitative estimate of drug-likeness (QED) is 0.882. The molecule has 3 fully saturated rings. The number of rotatable bonds is 5. The minimum Gasteiger partial charge on any atom is -0.353 e. The molecule has 3 aliphatic rings. The molecule has 2 saturated carbocycles. The molecule has 140 valence electrons. The summed E-state index contributed by atoms with van der Waals surface area (Å²) in [6.45, 7) is 1.63. The van der Waals surface area contributed by atoms with Crippen molar-refractivity contribution in [2.45, 2.75) is 63.8 Å². The second-order valence-electron chi connectivity index (χ2n) is 8.43. The van der Waals surface area contributed by atoms with Crippen molar-refractivity contribution in [2.24, 2.45) is 11.3 Å². The zero-order chi connectivity index (χ0) is 18.0. The molecule has 2 aliphatic carbocycles. The highest BCUT2D eigenvalue weighted by molar-refractivity contribution is 5.94. The number of hydrogen-bond donors (Lipinski definition) is 1. The van der Waals surface area contributed by atoms with E-state index < -0.39 is 0 Å². The van der Waals surface area contributed by atoms with E-state index in [9.17, 15) is 9.59 Å². The molecule has 1 saturated heterocycles. The number of pyridine rings is 1. The Kier molecular flexibility index (Phi) is 4.96. The Labute approximate surface area is 155 Å². The van der Waals surface area contributed by atoms with E-state index in [0.29, 0.717) is 23.9 Å². The van der Waals surface area contributed by atoms with E-state index in [2.05, 4.69) is 10.3 Å². The minimum absolute atomic E-state index is 0.0907. The largest absolute Gasteiger partial charge is 0.353 e. The number of amides is 2. The molecule has 2 heterocycles. The lowest BCUT2D eigenvalue weighted by molar-refractivity contribution is -0.121. The number of carbonyl (C=O) groups excluding carboxylic acids is 2. The summed E-state index contributed by atoms with van der Waals surface area (Å²) in [5.74, 6) is 0.719. The molecule has 1 aromatic heterocycles. The Morgan fingerprint density at radius 3 is 2.73 bits per heavy atom. The van der Waals surface area contributed by atoms with E-state index in [1.165, 1.54) is 32.1 Å². The van der Waals surface area contributed by atoms with Gasteiger partial charge in [-0.05, 0) is 55.6 Å².